The van der Waals surface area contributed by atoms with Crippen molar-refractivity contribution in [3.8, 4) is 0 Å². The lowest BCUT2D eigenvalue weighted by atomic mass is 10.2. The van der Waals surface area contributed by atoms with Gasteiger partial charge in [0.1, 0.15) is 17.2 Å². The van der Waals surface area contributed by atoms with Gasteiger partial charge in [-0.3, -0.25) is 4.89 Å². The molecule has 0 bridgehead atoms. The van der Waals surface area contributed by atoms with Gasteiger partial charge in [0.15, 0.2) is 0 Å². The lowest BCUT2D eigenvalue weighted by Gasteiger charge is -2.03. The average Bonchev–Trinajstić information content (AvgIpc) is 2.18. The van der Waals surface area contributed by atoms with E-state index >= 15 is 0 Å². The second-order valence-corrected chi connectivity index (χ2v) is 2.79. The molecule has 0 aliphatic rings. The summed E-state index contributed by atoms with van der Waals surface area (Å²) in [4.78, 5) is 19.8. The molecule has 0 unspecified atom stereocenters. The molecule has 0 atom stereocenters. The standard InChI is InChI=1S/C10H10F2O3/c1-2-6-14-15-10(13)9-7(11)4-3-5-8(9)12/h3-5H,2,6H2,1H3. The fraction of sp³-hybridized carbons (Fsp3) is 0.300. The van der Waals surface area contributed by atoms with Gasteiger partial charge in [0.05, 0.1) is 6.61 Å². The van der Waals surface area contributed by atoms with Crippen LogP contribution in [0.25, 0.3) is 0 Å². The molecular weight excluding hydrogens is 206 g/mol. The van der Waals surface area contributed by atoms with E-state index in [1.807, 2.05) is 0 Å². The number of hydrogen-bond acceptors (Lipinski definition) is 3. The van der Waals surface area contributed by atoms with Crippen molar-refractivity contribution >= 4 is 5.97 Å². The van der Waals surface area contributed by atoms with Crippen molar-refractivity contribution < 1.29 is 23.4 Å². The second-order valence-electron chi connectivity index (χ2n) is 2.79. The third-order valence-electron chi connectivity index (χ3n) is 1.59. The summed E-state index contributed by atoms with van der Waals surface area (Å²) in [6, 6.07) is 3.10. The van der Waals surface area contributed by atoms with E-state index < -0.39 is 23.2 Å². The minimum absolute atomic E-state index is 0.182. The summed E-state index contributed by atoms with van der Waals surface area (Å²) in [5.74, 6) is -3.11. The van der Waals surface area contributed by atoms with Crippen molar-refractivity contribution in [2.24, 2.45) is 0 Å². The van der Waals surface area contributed by atoms with E-state index in [1.54, 1.807) is 6.92 Å². The average molecular weight is 216 g/mol. The summed E-state index contributed by atoms with van der Waals surface area (Å²) in [7, 11) is 0. The number of benzene rings is 1. The van der Waals surface area contributed by atoms with Crippen LogP contribution >= 0.6 is 0 Å². The number of rotatable bonds is 4. The molecule has 0 aliphatic heterocycles. The van der Waals surface area contributed by atoms with Crippen LogP contribution in [0, 0.1) is 11.6 Å². The van der Waals surface area contributed by atoms with Gasteiger partial charge >= 0.3 is 5.97 Å². The van der Waals surface area contributed by atoms with Crippen LogP contribution in [0.5, 0.6) is 0 Å². The van der Waals surface area contributed by atoms with Crippen LogP contribution in [0.2, 0.25) is 0 Å². The lowest BCUT2D eigenvalue weighted by molar-refractivity contribution is -0.240. The molecule has 0 amide bonds. The summed E-state index contributed by atoms with van der Waals surface area (Å²) in [6.07, 6.45) is 0.632. The molecule has 0 heterocycles. The van der Waals surface area contributed by atoms with Gasteiger partial charge in [0.2, 0.25) is 0 Å². The predicted octanol–water partition coefficient (Wildman–Crippen LogP) is 2.46. The van der Waals surface area contributed by atoms with Crippen molar-refractivity contribution in [3.05, 3.63) is 35.4 Å². The number of carbonyl (C=O) groups excluding carboxylic acids is 1. The maximum absolute atomic E-state index is 13.0. The Kier molecular flexibility index (Phi) is 4.17. The zero-order chi connectivity index (χ0) is 11.3. The van der Waals surface area contributed by atoms with Crippen molar-refractivity contribution in [2.45, 2.75) is 13.3 Å². The molecule has 5 heteroatoms. The molecule has 3 nitrogen and oxygen atoms in total. The quantitative estimate of drug-likeness (QED) is 0.440. The number of hydrogen-bond donors (Lipinski definition) is 0. The largest absolute Gasteiger partial charge is 0.379 e. The van der Waals surface area contributed by atoms with Crippen LogP contribution in [0.15, 0.2) is 18.2 Å². The fourth-order valence-electron chi connectivity index (χ4n) is 0.913. The first-order chi connectivity index (χ1) is 7.16. The van der Waals surface area contributed by atoms with Crippen LogP contribution < -0.4 is 0 Å². The predicted molar refractivity (Wildman–Crippen MR) is 48.0 cm³/mol. The highest BCUT2D eigenvalue weighted by Crippen LogP contribution is 2.13. The molecular formula is C10H10F2O3. The maximum atomic E-state index is 13.0. The maximum Gasteiger partial charge on any atom is 0.379 e. The molecule has 0 N–H and O–H groups in total. The minimum atomic E-state index is -1.17. The van der Waals surface area contributed by atoms with Crippen LogP contribution in [-0.4, -0.2) is 12.6 Å². The molecule has 15 heavy (non-hydrogen) atoms. The first-order valence-electron chi connectivity index (χ1n) is 4.44. The van der Waals surface area contributed by atoms with Gasteiger partial charge in [-0.05, 0) is 18.6 Å². The van der Waals surface area contributed by atoms with E-state index in [0.29, 0.717) is 6.42 Å². The van der Waals surface area contributed by atoms with Crippen molar-refractivity contribution in [3.63, 3.8) is 0 Å². The highest BCUT2D eigenvalue weighted by Gasteiger charge is 2.19. The van der Waals surface area contributed by atoms with Crippen LogP contribution in [0.3, 0.4) is 0 Å². The molecule has 0 saturated carbocycles. The summed E-state index contributed by atoms with van der Waals surface area (Å²) >= 11 is 0. The zero-order valence-electron chi connectivity index (χ0n) is 8.13. The van der Waals surface area contributed by atoms with Gasteiger partial charge in [-0.15, -0.1) is 0 Å². The third-order valence-corrected chi connectivity index (χ3v) is 1.59. The monoisotopic (exact) mass is 216 g/mol. The Hall–Kier alpha value is -1.49. The Bertz CT molecular complexity index is 332. The Morgan fingerprint density at radius 1 is 1.33 bits per heavy atom. The smallest absolute Gasteiger partial charge is 0.293 e. The summed E-state index contributed by atoms with van der Waals surface area (Å²) in [5.41, 5.74) is -0.742. The van der Waals surface area contributed by atoms with E-state index in [2.05, 4.69) is 9.78 Å². The normalized spacial score (nSPS) is 10.1. The Balaban J connectivity index is 2.73. The van der Waals surface area contributed by atoms with Crippen molar-refractivity contribution in [2.75, 3.05) is 6.61 Å². The molecule has 0 saturated heterocycles. The molecule has 0 spiro atoms. The van der Waals surface area contributed by atoms with Gasteiger partial charge in [0, 0.05) is 0 Å². The molecule has 1 aromatic carbocycles. The Morgan fingerprint density at radius 2 is 1.93 bits per heavy atom. The highest BCUT2D eigenvalue weighted by atomic mass is 19.1. The van der Waals surface area contributed by atoms with Gasteiger partial charge in [-0.2, -0.15) is 4.89 Å². The van der Waals surface area contributed by atoms with E-state index in [4.69, 9.17) is 0 Å². The van der Waals surface area contributed by atoms with Gasteiger partial charge < -0.3 is 0 Å². The SMILES string of the molecule is CCCOOC(=O)c1c(F)cccc1F. The van der Waals surface area contributed by atoms with Gasteiger partial charge in [-0.25, -0.2) is 13.6 Å². The first-order valence-corrected chi connectivity index (χ1v) is 4.44. The summed E-state index contributed by atoms with van der Waals surface area (Å²) in [5, 5.41) is 0. The van der Waals surface area contributed by atoms with Gasteiger partial charge in [0.25, 0.3) is 0 Å². The third kappa shape index (κ3) is 2.99. The Labute approximate surface area is 85.5 Å². The van der Waals surface area contributed by atoms with E-state index in [0.717, 1.165) is 18.2 Å². The second kappa shape index (κ2) is 5.41. The summed E-state index contributed by atoms with van der Waals surface area (Å²) in [6.45, 7) is 1.99. The van der Waals surface area contributed by atoms with Crippen LogP contribution in [0.4, 0.5) is 8.78 Å². The van der Waals surface area contributed by atoms with Crippen molar-refractivity contribution in [1.29, 1.82) is 0 Å². The van der Waals surface area contributed by atoms with Crippen molar-refractivity contribution in [1.82, 2.24) is 0 Å². The van der Waals surface area contributed by atoms with E-state index in [1.165, 1.54) is 0 Å². The zero-order valence-corrected chi connectivity index (χ0v) is 8.13. The van der Waals surface area contributed by atoms with Crippen LogP contribution in [0.1, 0.15) is 23.7 Å². The minimum Gasteiger partial charge on any atom is -0.293 e. The molecule has 0 aromatic heterocycles. The van der Waals surface area contributed by atoms with Crippen LogP contribution in [-0.2, 0) is 9.78 Å². The number of carbonyl (C=O) groups is 1. The first kappa shape index (κ1) is 11.6. The molecule has 1 rings (SSSR count). The highest BCUT2D eigenvalue weighted by molar-refractivity contribution is 5.89. The molecule has 0 radical (unpaired) electrons. The lowest BCUT2D eigenvalue weighted by Crippen LogP contribution is -2.11. The molecule has 0 aliphatic carbocycles. The molecule has 0 fully saturated rings. The fourth-order valence-corrected chi connectivity index (χ4v) is 0.913. The topological polar surface area (TPSA) is 35.5 Å². The van der Waals surface area contributed by atoms with Gasteiger partial charge in [-0.1, -0.05) is 13.0 Å². The molecule has 82 valence electrons. The van der Waals surface area contributed by atoms with E-state index in [9.17, 15) is 13.6 Å². The number of halogens is 2. The summed E-state index contributed by atoms with van der Waals surface area (Å²) < 4.78 is 26.0. The Morgan fingerprint density at radius 3 is 2.47 bits per heavy atom. The molecule has 1 aromatic rings. The van der Waals surface area contributed by atoms with E-state index in [-0.39, 0.29) is 6.61 Å².